The quantitative estimate of drug-likeness (QED) is 0.668. The first-order chi connectivity index (χ1) is 10.7. The Labute approximate surface area is 140 Å². The van der Waals surface area contributed by atoms with Crippen LogP contribution >= 0.6 is 11.8 Å². The third kappa shape index (κ3) is 4.94. The van der Waals surface area contributed by atoms with Crippen molar-refractivity contribution in [3.8, 4) is 0 Å². The molecule has 2 atom stereocenters. The fourth-order valence-electron chi connectivity index (χ4n) is 2.36. The molecule has 0 bridgehead atoms. The number of amidine groups is 1. The lowest BCUT2D eigenvalue weighted by molar-refractivity contribution is -0.384. The van der Waals surface area contributed by atoms with Crippen LogP contribution in [0.2, 0.25) is 0 Å². The zero-order valence-electron chi connectivity index (χ0n) is 14.1. The van der Waals surface area contributed by atoms with Crippen molar-refractivity contribution in [2.75, 3.05) is 5.75 Å². The minimum Gasteiger partial charge on any atom is -0.371 e. The molecule has 0 spiro atoms. The third-order valence-electron chi connectivity index (χ3n) is 3.43. The molecular weight excluding hydrogens is 314 g/mol. The zero-order valence-corrected chi connectivity index (χ0v) is 14.9. The fourth-order valence-corrected chi connectivity index (χ4v) is 3.45. The Morgan fingerprint density at radius 2 is 2.17 bits per heavy atom. The van der Waals surface area contributed by atoms with E-state index in [0.29, 0.717) is 0 Å². The SMILES string of the molecule is Cc1cc([N+](=O)[O-])ccc1/N=C1/N[C@@H](C(C)OC(C)(C)C)CS1. The molecule has 1 fully saturated rings. The van der Waals surface area contributed by atoms with E-state index in [0.717, 1.165) is 22.2 Å². The first-order valence-corrected chi connectivity index (χ1v) is 8.55. The topological polar surface area (TPSA) is 76.8 Å². The number of aryl methyl sites for hydroxylation is 1. The van der Waals surface area contributed by atoms with Gasteiger partial charge in [-0.3, -0.25) is 10.1 Å². The molecule has 1 aliphatic heterocycles. The highest BCUT2D eigenvalue weighted by molar-refractivity contribution is 8.14. The van der Waals surface area contributed by atoms with Crippen molar-refractivity contribution in [2.45, 2.75) is 52.4 Å². The first kappa shape index (κ1) is 17.7. The summed E-state index contributed by atoms with van der Waals surface area (Å²) in [5, 5.41) is 15.0. The highest BCUT2D eigenvalue weighted by Crippen LogP contribution is 2.27. The Kier molecular flexibility index (Phi) is 5.31. The number of rotatable bonds is 4. The number of hydrogen-bond acceptors (Lipinski definition) is 5. The lowest BCUT2D eigenvalue weighted by Gasteiger charge is -2.28. The number of hydrogen-bond donors (Lipinski definition) is 1. The van der Waals surface area contributed by atoms with E-state index in [1.54, 1.807) is 23.9 Å². The van der Waals surface area contributed by atoms with Gasteiger partial charge in [0.15, 0.2) is 5.17 Å². The molecule has 1 aliphatic rings. The second kappa shape index (κ2) is 6.88. The number of non-ortho nitro benzene ring substituents is 1. The van der Waals surface area contributed by atoms with Crippen molar-refractivity contribution in [3.05, 3.63) is 33.9 Å². The minimum absolute atomic E-state index is 0.0770. The summed E-state index contributed by atoms with van der Waals surface area (Å²) in [6, 6.07) is 4.92. The molecule has 0 amide bonds. The molecule has 2 rings (SSSR count). The Balaban J connectivity index is 2.06. The predicted molar refractivity (Wildman–Crippen MR) is 94.6 cm³/mol. The van der Waals surface area contributed by atoms with Crippen LogP contribution in [-0.2, 0) is 4.74 Å². The van der Waals surface area contributed by atoms with E-state index in [2.05, 4.69) is 17.2 Å². The van der Waals surface area contributed by atoms with Gasteiger partial charge >= 0.3 is 0 Å². The van der Waals surface area contributed by atoms with Crippen molar-refractivity contribution in [2.24, 2.45) is 4.99 Å². The van der Waals surface area contributed by atoms with Gasteiger partial charge in [-0.15, -0.1) is 0 Å². The zero-order chi connectivity index (χ0) is 17.2. The van der Waals surface area contributed by atoms with E-state index < -0.39 is 4.92 Å². The normalized spacial score (nSPS) is 21.3. The maximum Gasteiger partial charge on any atom is 0.269 e. The molecule has 23 heavy (non-hydrogen) atoms. The summed E-state index contributed by atoms with van der Waals surface area (Å²) in [6.07, 6.45) is 0.0770. The van der Waals surface area contributed by atoms with Crippen molar-refractivity contribution in [3.63, 3.8) is 0 Å². The van der Waals surface area contributed by atoms with E-state index in [1.807, 2.05) is 27.7 Å². The number of thioether (sulfide) groups is 1. The van der Waals surface area contributed by atoms with Gasteiger partial charge in [-0.2, -0.15) is 0 Å². The molecule has 1 N–H and O–H groups in total. The van der Waals surface area contributed by atoms with Gasteiger partial charge in [0.25, 0.3) is 5.69 Å². The van der Waals surface area contributed by atoms with E-state index >= 15 is 0 Å². The summed E-state index contributed by atoms with van der Waals surface area (Å²) in [5.41, 5.74) is 1.44. The maximum absolute atomic E-state index is 10.8. The Morgan fingerprint density at radius 1 is 1.48 bits per heavy atom. The van der Waals surface area contributed by atoms with Crippen molar-refractivity contribution < 1.29 is 9.66 Å². The summed E-state index contributed by atoms with van der Waals surface area (Å²) in [6.45, 7) is 10.0. The summed E-state index contributed by atoms with van der Waals surface area (Å²) < 4.78 is 5.98. The van der Waals surface area contributed by atoms with Gasteiger partial charge in [-0.25, -0.2) is 4.99 Å². The molecule has 1 unspecified atom stereocenters. The Hall–Kier alpha value is -1.60. The number of nitrogens with one attached hydrogen (secondary N) is 1. The van der Waals surface area contributed by atoms with Crippen LogP contribution in [0.4, 0.5) is 11.4 Å². The van der Waals surface area contributed by atoms with Crippen molar-refractivity contribution in [1.29, 1.82) is 0 Å². The van der Waals surface area contributed by atoms with Gasteiger partial charge in [-0.1, -0.05) is 11.8 Å². The number of nitro benzene ring substituents is 1. The lowest BCUT2D eigenvalue weighted by atomic mass is 10.1. The average Bonchev–Trinajstić information content (AvgIpc) is 2.87. The van der Waals surface area contributed by atoms with Gasteiger partial charge in [0.2, 0.25) is 0 Å². The van der Waals surface area contributed by atoms with Crippen LogP contribution in [0.3, 0.4) is 0 Å². The summed E-state index contributed by atoms with van der Waals surface area (Å²) in [5.74, 6) is 0.891. The van der Waals surface area contributed by atoms with Gasteiger partial charge in [-0.05, 0) is 46.2 Å². The molecule has 7 heteroatoms. The molecule has 0 radical (unpaired) electrons. The van der Waals surface area contributed by atoms with Crippen LogP contribution < -0.4 is 5.32 Å². The fraction of sp³-hybridized carbons (Fsp3) is 0.562. The molecule has 1 aromatic rings. The van der Waals surface area contributed by atoms with Crippen LogP contribution in [0.15, 0.2) is 23.2 Å². The minimum atomic E-state index is -0.395. The van der Waals surface area contributed by atoms with Gasteiger partial charge in [0, 0.05) is 17.9 Å². The highest BCUT2D eigenvalue weighted by Gasteiger charge is 2.29. The standard InChI is InChI=1S/C16H23N3O3S/c1-10-8-12(19(20)21)6-7-13(10)17-15-18-14(9-23-15)11(2)22-16(3,4)5/h6-8,11,14H,9H2,1-5H3,(H,17,18)/t11?,14-/m1/s1. The first-order valence-electron chi connectivity index (χ1n) is 7.56. The second-order valence-electron chi connectivity index (χ2n) is 6.64. The Morgan fingerprint density at radius 3 is 2.74 bits per heavy atom. The summed E-state index contributed by atoms with van der Waals surface area (Å²) >= 11 is 1.64. The Bertz CT molecular complexity index is 625. The van der Waals surface area contributed by atoms with E-state index in [9.17, 15) is 10.1 Å². The number of nitro groups is 1. The maximum atomic E-state index is 10.8. The summed E-state index contributed by atoms with van der Waals surface area (Å²) in [4.78, 5) is 15.0. The number of ether oxygens (including phenoxy) is 1. The average molecular weight is 337 g/mol. The molecule has 1 heterocycles. The van der Waals surface area contributed by atoms with Crippen LogP contribution in [0, 0.1) is 17.0 Å². The number of nitrogens with zero attached hydrogens (tertiary/aromatic N) is 2. The van der Waals surface area contributed by atoms with Crippen LogP contribution in [-0.4, -0.2) is 33.6 Å². The van der Waals surface area contributed by atoms with Gasteiger partial charge in [0.1, 0.15) is 0 Å². The molecular formula is C16H23N3O3S. The van der Waals surface area contributed by atoms with E-state index in [1.165, 1.54) is 6.07 Å². The third-order valence-corrected chi connectivity index (χ3v) is 4.44. The molecule has 1 aromatic carbocycles. The highest BCUT2D eigenvalue weighted by atomic mass is 32.2. The molecule has 126 valence electrons. The molecule has 0 aromatic heterocycles. The lowest BCUT2D eigenvalue weighted by Crippen LogP contribution is -2.41. The van der Waals surface area contributed by atoms with Crippen molar-refractivity contribution >= 4 is 28.3 Å². The number of benzene rings is 1. The number of aliphatic imine (C=N–C) groups is 1. The van der Waals surface area contributed by atoms with Crippen LogP contribution in [0.25, 0.3) is 0 Å². The smallest absolute Gasteiger partial charge is 0.269 e. The van der Waals surface area contributed by atoms with Crippen LogP contribution in [0.1, 0.15) is 33.3 Å². The van der Waals surface area contributed by atoms with E-state index in [-0.39, 0.29) is 23.4 Å². The largest absolute Gasteiger partial charge is 0.371 e. The molecule has 1 saturated heterocycles. The van der Waals surface area contributed by atoms with Crippen LogP contribution in [0.5, 0.6) is 0 Å². The monoisotopic (exact) mass is 337 g/mol. The van der Waals surface area contributed by atoms with E-state index in [4.69, 9.17) is 4.74 Å². The second-order valence-corrected chi connectivity index (χ2v) is 7.65. The molecule has 6 nitrogen and oxygen atoms in total. The van der Waals surface area contributed by atoms with Gasteiger partial charge in [0.05, 0.1) is 28.4 Å². The molecule has 0 saturated carbocycles. The van der Waals surface area contributed by atoms with Gasteiger partial charge < -0.3 is 10.1 Å². The van der Waals surface area contributed by atoms with Crippen molar-refractivity contribution in [1.82, 2.24) is 5.32 Å². The molecule has 0 aliphatic carbocycles. The predicted octanol–water partition coefficient (Wildman–Crippen LogP) is 3.80. The summed E-state index contributed by atoms with van der Waals surface area (Å²) in [7, 11) is 0.